The number of aromatic nitrogens is 2. The first-order valence-corrected chi connectivity index (χ1v) is 10.1. The van der Waals surface area contributed by atoms with Gasteiger partial charge in [0.2, 0.25) is 10.0 Å². The average molecular weight is 406 g/mol. The van der Waals surface area contributed by atoms with Crippen LogP contribution in [0.2, 0.25) is 5.02 Å². The summed E-state index contributed by atoms with van der Waals surface area (Å²) >= 11 is 5.93. The maximum absolute atomic E-state index is 12.9. The Morgan fingerprint density at radius 3 is 2.44 bits per heavy atom. The number of nitrogens with one attached hydrogen (secondary N) is 1. The molecule has 0 aliphatic rings. The Morgan fingerprint density at radius 1 is 1.11 bits per heavy atom. The first-order valence-electron chi connectivity index (χ1n) is 8.27. The van der Waals surface area contributed by atoms with Gasteiger partial charge in [0.25, 0.3) is 0 Å². The summed E-state index contributed by atoms with van der Waals surface area (Å²) in [6, 6.07) is 14.3. The van der Waals surface area contributed by atoms with Crippen LogP contribution in [0.25, 0.3) is 5.69 Å². The fourth-order valence-corrected chi connectivity index (χ4v) is 4.47. The van der Waals surface area contributed by atoms with Crippen LogP contribution in [0.4, 0.5) is 0 Å². The molecule has 0 aliphatic heterocycles. The first-order chi connectivity index (χ1) is 12.8. The Kier molecular flexibility index (Phi) is 5.55. The van der Waals surface area contributed by atoms with Crippen molar-refractivity contribution in [3.8, 4) is 11.4 Å². The summed E-state index contributed by atoms with van der Waals surface area (Å²) in [6.07, 6.45) is 0. The third-order valence-electron chi connectivity index (χ3n) is 4.21. The zero-order valence-electron chi connectivity index (χ0n) is 15.2. The molecule has 6 nitrogen and oxygen atoms in total. The van der Waals surface area contributed by atoms with E-state index >= 15 is 0 Å². The number of benzene rings is 2. The summed E-state index contributed by atoms with van der Waals surface area (Å²) in [7, 11) is -2.20. The minimum absolute atomic E-state index is 0.122. The van der Waals surface area contributed by atoms with Crippen LogP contribution in [0, 0.1) is 13.8 Å². The van der Waals surface area contributed by atoms with Crippen LogP contribution in [0.15, 0.2) is 53.4 Å². The molecule has 0 radical (unpaired) electrons. The molecule has 0 atom stereocenters. The first kappa shape index (κ1) is 19.4. The number of methoxy groups -OCH3 is 1. The summed E-state index contributed by atoms with van der Waals surface area (Å²) < 4.78 is 35.4. The molecular weight excluding hydrogens is 386 g/mol. The fourth-order valence-electron chi connectivity index (χ4n) is 2.94. The summed E-state index contributed by atoms with van der Waals surface area (Å²) in [5, 5.41) is 5.00. The zero-order valence-corrected chi connectivity index (χ0v) is 16.8. The molecule has 0 fully saturated rings. The van der Waals surface area contributed by atoms with Gasteiger partial charge in [-0.15, -0.1) is 0 Å². The fraction of sp³-hybridized carbons (Fsp3) is 0.211. The number of sulfonamides is 1. The molecule has 142 valence electrons. The molecular formula is C19H20ClN3O3S. The van der Waals surface area contributed by atoms with Crippen molar-refractivity contribution < 1.29 is 13.2 Å². The molecule has 0 saturated heterocycles. The number of nitrogens with zero attached hydrogens (tertiary/aromatic N) is 2. The predicted molar refractivity (Wildman–Crippen MR) is 105 cm³/mol. The maximum Gasteiger partial charge on any atom is 0.244 e. The van der Waals surface area contributed by atoms with Gasteiger partial charge < -0.3 is 4.74 Å². The zero-order chi connectivity index (χ0) is 19.6. The van der Waals surface area contributed by atoms with E-state index in [0.29, 0.717) is 22.2 Å². The highest BCUT2D eigenvalue weighted by molar-refractivity contribution is 7.89. The van der Waals surface area contributed by atoms with Gasteiger partial charge in [-0.2, -0.15) is 5.10 Å². The number of ether oxygens (including phenoxy) is 1. The van der Waals surface area contributed by atoms with E-state index in [4.69, 9.17) is 16.3 Å². The van der Waals surface area contributed by atoms with Crippen molar-refractivity contribution in [2.45, 2.75) is 25.3 Å². The van der Waals surface area contributed by atoms with E-state index in [9.17, 15) is 8.42 Å². The molecule has 27 heavy (non-hydrogen) atoms. The van der Waals surface area contributed by atoms with Crippen LogP contribution in [-0.2, 0) is 16.6 Å². The topological polar surface area (TPSA) is 73.2 Å². The summed E-state index contributed by atoms with van der Waals surface area (Å²) in [4.78, 5) is 0.173. The van der Waals surface area contributed by atoms with Crippen molar-refractivity contribution in [1.82, 2.24) is 14.5 Å². The molecule has 8 heteroatoms. The van der Waals surface area contributed by atoms with Crippen molar-refractivity contribution >= 4 is 21.6 Å². The summed E-state index contributed by atoms with van der Waals surface area (Å²) in [5.74, 6) is 0.630. The molecule has 3 aromatic rings. The van der Waals surface area contributed by atoms with Crippen molar-refractivity contribution in [3.63, 3.8) is 0 Å². The van der Waals surface area contributed by atoms with E-state index in [2.05, 4.69) is 9.82 Å². The van der Waals surface area contributed by atoms with Gasteiger partial charge in [0.15, 0.2) is 0 Å². The molecule has 0 saturated carbocycles. The summed E-state index contributed by atoms with van der Waals surface area (Å²) in [5.41, 5.74) is 2.45. The van der Waals surface area contributed by atoms with Crippen molar-refractivity contribution in [3.05, 3.63) is 70.5 Å². The predicted octanol–water partition coefficient (Wildman–Crippen LogP) is 3.63. The van der Waals surface area contributed by atoms with Crippen LogP contribution >= 0.6 is 11.6 Å². The van der Waals surface area contributed by atoms with Crippen molar-refractivity contribution in [2.24, 2.45) is 0 Å². The highest BCUT2D eigenvalue weighted by Gasteiger charge is 2.25. The number of hydrogen-bond acceptors (Lipinski definition) is 4. The van der Waals surface area contributed by atoms with E-state index in [1.54, 1.807) is 56.0 Å². The largest absolute Gasteiger partial charge is 0.496 e. The van der Waals surface area contributed by atoms with Crippen LogP contribution < -0.4 is 9.46 Å². The molecule has 1 heterocycles. The van der Waals surface area contributed by atoms with E-state index < -0.39 is 10.0 Å². The van der Waals surface area contributed by atoms with Crippen LogP contribution in [0.1, 0.15) is 17.0 Å². The molecule has 0 amide bonds. The van der Waals surface area contributed by atoms with Gasteiger partial charge in [-0.05, 0) is 44.2 Å². The second kappa shape index (κ2) is 7.72. The van der Waals surface area contributed by atoms with Crippen LogP contribution in [0.3, 0.4) is 0 Å². The average Bonchev–Trinajstić information content (AvgIpc) is 2.96. The Labute approximate surface area is 163 Å². The molecule has 0 aliphatic carbocycles. The van der Waals surface area contributed by atoms with E-state index in [0.717, 1.165) is 11.3 Å². The SMILES string of the molecule is COc1ccccc1CNS(=O)(=O)c1c(C)nn(-c2ccc(Cl)cc2)c1C. The lowest BCUT2D eigenvalue weighted by molar-refractivity contribution is 0.409. The van der Waals surface area contributed by atoms with Gasteiger partial charge in [-0.25, -0.2) is 17.8 Å². The maximum atomic E-state index is 12.9. The smallest absolute Gasteiger partial charge is 0.244 e. The van der Waals surface area contributed by atoms with Gasteiger partial charge >= 0.3 is 0 Å². The number of rotatable bonds is 6. The van der Waals surface area contributed by atoms with Gasteiger partial charge in [-0.1, -0.05) is 29.8 Å². The van der Waals surface area contributed by atoms with Gasteiger partial charge in [0, 0.05) is 17.1 Å². The lowest BCUT2D eigenvalue weighted by Crippen LogP contribution is -2.24. The second-order valence-corrected chi connectivity index (χ2v) is 8.16. The number of hydrogen-bond donors (Lipinski definition) is 1. The Morgan fingerprint density at radius 2 is 1.78 bits per heavy atom. The number of aryl methyl sites for hydroxylation is 1. The third-order valence-corrected chi connectivity index (χ3v) is 6.11. The minimum atomic E-state index is -3.76. The van der Waals surface area contributed by atoms with Crippen LogP contribution in [0.5, 0.6) is 5.75 Å². The molecule has 2 aromatic carbocycles. The highest BCUT2D eigenvalue weighted by Crippen LogP contribution is 2.24. The monoisotopic (exact) mass is 405 g/mol. The normalized spacial score (nSPS) is 11.6. The quantitative estimate of drug-likeness (QED) is 0.679. The lowest BCUT2D eigenvalue weighted by atomic mass is 10.2. The number of halogens is 1. The van der Waals surface area contributed by atoms with E-state index in [-0.39, 0.29) is 11.4 Å². The van der Waals surface area contributed by atoms with E-state index in [1.165, 1.54) is 0 Å². The van der Waals surface area contributed by atoms with Gasteiger partial charge in [0.1, 0.15) is 10.6 Å². The summed E-state index contributed by atoms with van der Waals surface area (Å²) in [6.45, 7) is 3.53. The van der Waals surface area contributed by atoms with Crippen molar-refractivity contribution in [2.75, 3.05) is 7.11 Å². The Balaban J connectivity index is 1.92. The Bertz CT molecular complexity index is 1060. The molecule has 1 aromatic heterocycles. The van der Waals surface area contributed by atoms with E-state index in [1.807, 2.05) is 18.2 Å². The molecule has 0 unspecified atom stereocenters. The molecule has 3 rings (SSSR count). The standard InChI is InChI=1S/C19H20ClN3O3S/c1-13-19(14(2)23(22-13)17-10-8-16(20)9-11-17)27(24,25)21-12-15-6-4-5-7-18(15)26-3/h4-11,21H,12H2,1-3H3. The van der Waals surface area contributed by atoms with Crippen LogP contribution in [-0.4, -0.2) is 25.3 Å². The highest BCUT2D eigenvalue weighted by atomic mass is 35.5. The second-order valence-electron chi connectivity index (χ2n) is 6.02. The minimum Gasteiger partial charge on any atom is -0.496 e. The van der Waals surface area contributed by atoms with Crippen molar-refractivity contribution in [1.29, 1.82) is 0 Å². The lowest BCUT2D eigenvalue weighted by Gasteiger charge is -2.11. The molecule has 0 bridgehead atoms. The number of para-hydroxylation sites is 1. The molecule has 1 N–H and O–H groups in total. The Hall–Kier alpha value is -2.35. The third kappa shape index (κ3) is 4.00. The van der Waals surface area contributed by atoms with Gasteiger partial charge in [0.05, 0.1) is 24.2 Å². The van der Waals surface area contributed by atoms with Gasteiger partial charge in [-0.3, -0.25) is 0 Å². The molecule has 0 spiro atoms.